The SMILES string of the molecule is CSc1ccc(Oc2cc(F)cc(C#N)c2)c2c1C(O)C(F)(F)C2F.N#CN. The van der Waals surface area contributed by atoms with Crippen LogP contribution in [-0.4, -0.2) is 17.3 Å². The molecule has 146 valence electrons. The van der Waals surface area contributed by atoms with Gasteiger partial charge >= 0.3 is 5.92 Å². The summed E-state index contributed by atoms with van der Waals surface area (Å²) in [6.45, 7) is 0. The van der Waals surface area contributed by atoms with E-state index in [2.05, 4.69) is 5.73 Å². The first-order chi connectivity index (χ1) is 13.2. The third-order valence-electron chi connectivity index (χ3n) is 3.88. The van der Waals surface area contributed by atoms with E-state index in [-0.39, 0.29) is 22.6 Å². The summed E-state index contributed by atoms with van der Waals surface area (Å²) < 4.78 is 61.1. The summed E-state index contributed by atoms with van der Waals surface area (Å²) in [5, 5.41) is 25.8. The molecule has 5 nitrogen and oxygen atoms in total. The van der Waals surface area contributed by atoms with E-state index in [4.69, 9.17) is 15.3 Å². The van der Waals surface area contributed by atoms with Crippen molar-refractivity contribution in [3.8, 4) is 23.8 Å². The van der Waals surface area contributed by atoms with Gasteiger partial charge in [-0.15, -0.1) is 11.8 Å². The molecule has 0 saturated heterocycles. The highest BCUT2D eigenvalue weighted by molar-refractivity contribution is 7.98. The highest BCUT2D eigenvalue weighted by atomic mass is 32.2. The molecule has 0 spiro atoms. The molecule has 2 aromatic rings. The average Bonchev–Trinajstić information content (AvgIpc) is 2.83. The number of thioether (sulfide) groups is 1. The van der Waals surface area contributed by atoms with Gasteiger partial charge in [0.1, 0.15) is 23.4 Å². The number of aliphatic hydroxyl groups is 1. The van der Waals surface area contributed by atoms with Crippen molar-refractivity contribution in [2.24, 2.45) is 5.73 Å². The Balaban J connectivity index is 0.000000878. The van der Waals surface area contributed by atoms with Crippen molar-refractivity contribution >= 4 is 11.8 Å². The lowest BCUT2D eigenvalue weighted by atomic mass is 10.1. The van der Waals surface area contributed by atoms with Gasteiger partial charge in [0.15, 0.2) is 12.4 Å². The number of hydrogen-bond acceptors (Lipinski definition) is 6. The van der Waals surface area contributed by atoms with Crippen molar-refractivity contribution in [1.29, 1.82) is 10.5 Å². The number of nitrogens with two attached hydrogens (primary N) is 1. The van der Waals surface area contributed by atoms with Crippen LogP contribution in [0.1, 0.15) is 29.0 Å². The van der Waals surface area contributed by atoms with E-state index in [0.717, 1.165) is 23.9 Å². The quantitative estimate of drug-likeness (QED) is 0.337. The van der Waals surface area contributed by atoms with Crippen LogP contribution in [0.25, 0.3) is 0 Å². The third kappa shape index (κ3) is 3.84. The first-order valence-electron chi connectivity index (χ1n) is 7.60. The van der Waals surface area contributed by atoms with Crippen LogP contribution in [0.2, 0.25) is 0 Å². The summed E-state index contributed by atoms with van der Waals surface area (Å²) in [6.07, 6.45) is -2.20. The number of nitrogens with zero attached hydrogens (tertiary/aromatic N) is 2. The second kappa shape index (κ2) is 8.38. The van der Waals surface area contributed by atoms with Crippen LogP contribution in [0.4, 0.5) is 17.6 Å². The average molecular weight is 411 g/mol. The lowest BCUT2D eigenvalue weighted by molar-refractivity contribution is -0.143. The minimum atomic E-state index is -3.99. The van der Waals surface area contributed by atoms with Crippen LogP contribution in [-0.2, 0) is 0 Å². The van der Waals surface area contributed by atoms with Gasteiger partial charge in [-0.1, -0.05) is 0 Å². The number of halogens is 4. The molecular formula is C18H13F4N3O2S. The molecule has 0 aromatic heterocycles. The van der Waals surface area contributed by atoms with Gasteiger partial charge in [-0.3, -0.25) is 0 Å². The van der Waals surface area contributed by atoms with E-state index < -0.39 is 29.6 Å². The molecule has 2 unspecified atom stereocenters. The van der Waals surface area contributed by atoms with Crippen LogP contribution >= 0.6 is 11.8 Å². The van der Waals surface area contributed by atoms with Crippen molar-refractivity contribution in [2.75, 3.05) is 6.26 Å². The Hall–Kier alpha value is -2.95. The second-order valence-corrected chi connectivity index (χ2v) is 6.40. The Kier molecular flexibility index (Phi) is 6.39. The minimum Gasteiger partial charge on any atom is -0.457 e. The largest absolute Gasteiger partial charge is 0.457 e. The molecule has 0 fully saturated rings. The summed E-state index contributed by atoms with van der Waals surface area (Å²) in [5.41, 5.74) is 3.42. The molecular weight excluding hydrogens is 398 g/mol. The molecule has 1 aliphatic carbocycles. The molecule has 0 amide bonds. The monoisotopic (exact) mass is 411 g/mol. The highest BCUT2D eigenvalue weighted by Crippen LogP contribution is 2.57. The van der Waals surface area contributed by atoms with Gasteiger partial charge in [0.2, 0.25) is 0 Å². The molecule has 0 aliphatic heterocycles. The molecule has 0 heterocycles. The van der Waals surface area contributed by atoms with Gasteiger partial charge in [-0.2, -0.15) is 19.3 Å². The lowest BCUT2D eigenvalue weighted by Gasteiger charge is -2.16. The van der Waals surface area contributed by atoms with Crippen molar-refractivity contribution < 1.29 is 27.4 Å². The van der Waals surface area contributed by atoms with Gasteiger partial charge in [0, 0.05) is 22.1 Å². The molecule has 10 heteroatoms. The fraction of sp³-hybridized carbons (Fsp3) is 0.222. The summed E-state index contributed by atoms with van der Waals surface area (Å²) in [4.78, 5) is 0.298. The van der Waals surface area contributed by atoms with Crippen molar-refractivity contribution in [3.05, 3.63) is 52.8 Å². The highest BCUT2D eigenvalue weighted by Gasteiger charge is 2.58. The molecule has 1 aliphatic rings. The second-order valence-electron chi connectivity index (χ2n) is 5.55. The van der Waals surface area contributed by atoms with Crippen LogP contribution in [0.15, 0.2) is 35.2 Å². The zero-order valence-corrected chi connectivity index (χ0v) is 15.1. The number of rotatable bonds is 3. The molecule has 0 saturated carbocycles. The maximum Gasteiger partial charge on any atom is 0.312 e. The van der Waals surface area contributed by atoms with E-state index in [9.17, 15) is 22.7 Å². The maximum absolute atomic E-state index is 14.3. The number of ether oxygens (including phenoxy) is 1. The van der Waals surface area contributed by atoms with Gasteiger partial charge in [-0.05, 0) is 30.5 Å². The van der Waals surface area contributed by atoms with Gasteiger partial charge in [0.25, 0.3) is 0 Å². The molecule has 3 rings (SSSR count). The number of nitriles is 2. The summed E-state index contributed by atoms with van der Waals surface area (Å²) >= 11 is 1.09. The van der Waals surface area contributed by atoms with Crippen molar-refractivity contribution in [1.82, 2.24) is 0 Å². The summed E-state index contributed by atoms with van der Waals surface area (Å²) in [7, 11) is 0. The summed E-state index contributed by atoms with van der Waals surface area (Å²) in [6, 6.07) is 7.56. The first kappa shape index (κ1) is 21.4. The number of aliphatic hydroxyl groups excluding tert-OH is 1. The zero-order chi connectivity index (χ0) is 21.1. The van der Waals surface area contributed by atoms with Crippen LogP contribution in [0.5, 0.6) is 11.5 Å². The minimum absolute atomic E-state index is 0.0328. The number of hydrogen-bond donors (Lipinski definition) is 2. The van der Waals surface area contributed by atoms with E-state index in [0.29, 0.717) is 4.90 Å². The van der Waals surface area contributed by atoms with Crippen LogP contribution < -0.4 is 10.5 Å². The van der Waals surface area contributed by atoms with Crippen LogP contribution in [0.3, 0.4) is 0 Å². The number of alkyl halides is 3. The molecule has 0 bridgehead atoms. The predicted octanol–water partition coefficient (Wildman–Crippen LogP) is 4.33. The van der Waals surface area contributed by atoms with Gasteiger partial charge < -0.3 is 15.6 Å². The van der Waals surface area contributed by atoms with Gasteiger partial charge in [0.05, 0.1) is 11.6 Å². The maximum atomic E-state index is 14.3. The third-order valence-corrected chi connectivity index (χ3v) is 4.68. The van der Waals surface area contributed by atoms with E-state index >= 15 is 0 Å². The fourth-order valence-electron chi connectivity index (χ4n) is 2.74. The Morgan fingerprint density at radius 1 is 1.21 bits per heavy atom. The van der Waals surface area contributed by atoms with Crippen molar-refractivity contribution in [3.63, 3.8) is 0 Å². The molecule has 2 aromatic carbocycles. The topological polar surface area (TPSA) is 103 Å². The van der Waals surface area contributed by atoms with E-state index in [1.54, 1.807) is 12.3 Å². The van der Waals surface area contributed by atoms with Crippen LogP contribution in [0, 0.1) is 28.6 Å². The Bertz CT molecular complexity index is 973. The van der Waals surface area contributed by atoms with Gasteiger partial charge in [-0.25, -0.2) is 8.78 Å². The molecule has 0 radical (unpaired) electrons. The lowest BCUT2D eigenvalue weighted by Crippen LogP contribution is -2.24. The smallest absolute Gasteiger partial charge is 0.312 e. The first-order valence-corrected chi connectivity index (χ1v) is 8.82. The molecule has 2 atom stereocenters. The number of fused-ring (bicyclic) bond motifs is 1. The molecule has 3 N–H and O–H groups in total. The predicted molar refractivity (Wildman–Crippen MR) is 93.0 cm³/mol. The van der Waals surface area contributed by atoms with E-state index in [1.165, 1.54) is 24.4 Å². The Labute approximate surface area is 161 Å². The number of benzene rings is 2. The standard InChI is InChI=1S/C17H11F4NO2S.CH2N2/c1-25-12-3-2-11(13-14(12)16(23)17(20,21)15(13)19)24-10-5-8(7-22)4-9(18)6-10;2-1-3/h2-6,15-16,23H,1H3;2H2. The van der Waals surface area contributed by atoms with Crippen molar-refractivity contribution in [2.45, 2.75) is 23.1 Å². The van der Waals surface area contributed by atoms with E-state index in [1.807, 2.05) is 0 Å². The Morgan fingerprint density at radius 2 is 1.86 bits per heavy atom. The molecule has 28 heavy (non-hydrogen) atoms. The normalized spacial score (nSPS) is 18.9. The Morgan fingerprint density at radius 3 is 2.43 bits per heavy atom. The fourth-order valence-corrected chi connectivity index (χ4v) is 3.39. The summed E-state index contributed by atoms with van der Waals surface area (Å²) in [5.74, 6) is -5.14. The zero-order valence-electron chi connectivity index (χ0n) is 14.3.